The maximum absolute atomic E-state index is 13.6. The molecule has 188 valence electrons. The van der Waals surface area contributed by atoms with Crippen molar-refractivity contribution in [1.82, 2.24) is 15.0 Å². The molecule has 0 fully saturated rings. The second kappa shape index (κ2) is 10.8. The minimum Gasteiger partial charge on any atom is -0.481 e. The van der Waals surface area contributed by atoms with Crippen molar-refractivity contribution in [2.45, 2.75) is 38.1 Å². The number of aromatic nitrogens is 2. The van der Waals surface area contributed by atoms with Gasteiger partial charge in [-0.2, -0.15) is 0 Å². The number of carbonyl (C=O) groups is 1. The number of hydroxylamine groups is 1. The lowest BCUT2D eigenvalue weighted by atomic mass is 10.0. The van der Waals surface area contributed by atoms with E-state index in [4.69, 9.17) is 14.9 Å². The molecule has 0 spiro atoms. The van der Waals surface area contributed by atoms with Crippen LogP contribution in [0.25, 0.3) is 16.6 Å². The first-order valence-electron chi connectivity index (χ1n) is 12.2. The zero-order valence-electron chi connectivity index (χ0n) is 20.1. The van der Waals surface area contributed by atoms with Gasteiger partial charge in [0.05, 0.1) is 22.6 Å². The average molecular weight is 500 g/mol. The molecule has 2 N–H and O–H groups in total. The highest BCUT2D eigenvalue weighted by atomic mass is 19.1. The molecule has 1 unspecified atom stereocenters. The number of rotatable bonds is 9. The van der Waals surface area contributed by atoms with Crippen molar-refractivity contribution in [2.24, 2.45) is 0 Å². The van der Waals surface area contributed by atoms with Crippen LogP contribution in [0, 0.1) is 5.82 Å². The van der Waals surface area contributed by atoms with Crippen LogP contribution in [0.15, 0.2) is 89.4 Å². The van der Waals surface area contributed by atoms with Crippen molar-refractivity contribution in [3.8, 4) is 5.69 Å². The van der Waals surface area contributed by atoms with Gasteiger partial charge in [0.1, 0.15) is 17.4 Å². The number of hydrogen-bond acceptors (Lipinski definition) is 5. The Bertz CT molecular complexity index is 1510. The molecule has 0 radical (unpaired) electrons. The minimum atomic E-state index is -0.838. The van der Waals surface area contributed by atoms with Crippen molar-refractivity contribution in [1.29, 1.82) is 0 Å². The summed E-state index contributed by atoms with van der Waals surface area (Å²) in [6.45, 7) is 0. The molecule has 0 amide bonds. The van der Waals surface area contributed by atoms with E-state index < -0.39 is 5.97 Å². The molecule has 0 saturated carbocycles. The molecule has 2 heterocycles. The van der Waals surface area contributed by atoms with Crippen molar-refractivity contribution < 1.29 is 19.1 Å². The van der Waals surface area contributed by atoms with Crippen LogP contribution >= 0.6 is 0 Å². The zero-order chi connectivity index (χ0) is 25.8. The van der Waals surface area contributed by atoms with Crippen molar-refractivity contribution >= 4 is 16.9 Å². The van der Waals surface area contributed by atoms with Crippen molar-refractivity contribution in [3.63, 3.8) is 0 Å². The van der Waals surface area contributed by atoms with Crippen LogP contribution < -0.4 is 11.0 Å². The Morgan fingerprint density at radius 2 is 1.84 bits per heavy atom. The maximum Gasteiger partial charge on any atom is 0.303 e. The van der Waals surface area contributed by atoms with Gasteiger partial charge in [0.2, 0.25) is 0 Å². The standard InChI is InChI=1S/C29H26FN3O4/c30-21-13-10-19(11-14-21)16-23-18-25(32-37-23)20-12-15-24-26(17-20)31-27(8-4-5-9-28(34)35)33(29(24)36)22-6-2-1-3-7-22/h1-3,6-7,10-15,17-18,25,32H,4-5,8-9,16H2,(H,34,35). The number of carboxylic acid groups (broad SMARTS) is 1. The first-order chi connectivity index (χ1) is 18.0. The lowest BCUT2D eigenvalue weighted by Crippen LogP contribution is -2.24. The molecule has 1 aliphatic rings. The number of benzene rings is 3. The Hall–Kier alpha value is -4.30. The van der Waals surface area contributed by atoms with Gasteiger partial charge >= 0.3 is 5.97 Å². The van der Waals surface area contributed by atoms with E-state index in [2.05, 4.69) is 5.48 Å². The maximum atomic E-state index is 13.6. The SMILES string of the molecule is O=C(O)CCCCc1nc2cc(C3C=C(Cc4ccc(F)cc4)ON3)ccc2c(=O)n1-c1ccccc1. The largest absolute Gasteiger partial charge is 0.481 e. The quantitative estimate of drug-likeness (QED) is 0.314. The molecule has 8 heteroatoms. The molecular formula is C29H26FN3O4. The number of unbranched alkanes of at least 4 members (excludes halogenated alkanes) is 1. The molecule has 1 atom stereocenters. The summed E-state index contributed by atoms with van der Waals surface area (Å²) in [5.74, 6) is 0.199. The van der Waals surface area contributed by atoms with Gasteiger partial charge in [0, 0.05) is 19.3 Å². The molecular weight excluding hydrogens is 473 g/mol. The number of carboxylic acids is 1. The predicted octanol–water partition coefficient (Wildman–Crippen LogP) is 5.02. The predicted molar refractivity (Wildman–Crippen MR) is 138 cm³/mol. The van der Waals surface area contributed by atoms with E-state index in [-0.39, 0.29) is 23.8 Å². The number of nitrogens with zero attached hydrogens (tertiary/aromatic N) is 2. The molecule has 37 heavy (non-hydrogen) atoms. The van der Waals surface area contributed by atoms with Crippen LogP contribution in [0.4, 0.5) is 4.39 Å². The van der Waals surface area contributed by atoms with Gasteiger partial charge in [-0.15, -0.1) is 5.48 Å². The van der Waals surface area contributed by atoms with Crippen LogP contribution in [-0.4, -0.2) is 20.6 Å². The van der Waals surface area contributed by atoms with Crippen LogP contribution in [0.3, 0.4) is 0 Å². The lowest BCUT2D eigenvalue weighted by Gasteiger charge is -2.15. The van der Waals surface area contributed by atoms with E-state index in [0.29, 0.717) is 42.4 Å². The van der Waals surface area contributed by atoms with Crippen LogP contribution in [-0.2, 0) is 22.5 Å². The average Bonchev–Trinajstić information content (AvgIpc) is 3.37. The fraction of sp³-hybridized carbons (Fsp3) is 0.207. The summed E-state index contributed by atoms with van der Waals surface area (Å²) >= 11 is 0. The summed E-state index contributed by atoms with van der Waals surface area (Å²) in [6.07, 6.45) is 4.14. The van der Waals surface area contributed by atoms with Gasteiger partial charge in [-0.3, -0.25) is 14.2 Å². The Kier molecular flexibility index (Phi) is 7.09. The molecule has 1 aromatic heterocycles. The molecule has 4 aromatic rings. The van der Waals surface area contributed by atoms with E-state index in [1.165, 1.54) is 12.1 Å². The van der Waals surface area contributed by atoms with E-state index in [0.717, 1.165) is 22.6 Å². The molecule has 0 saturated heterocycles. The molecule has 0 bridgehead atoms. The van der Waals surface area contributed by atoms with E-state index >= 15 is 0 Å². The first kappa shape index (κ1) is 24.4. The lowest BCUT2D eigenvalue weighted by molar-refractivity contribution is -0.137. The van der Waals surface area contributed by atoms with Crippen molar-refractivity contribution in [2.75, 3.05) is 0 Å². The molecule has 1 aliphatic heterocycles. The second-order valence-electron chi connectivity index (χ2n) is 9.02. The van der Waals surface area contributed by atoms with Gasteiger partial charge in [0.25, 0.3) is 5.56 Å². The highest BCUT2D eigenvalue weighted by Crippen LogP contribution is 2.26. The molecule has 5 rings (SSSR count). The number of para-hydroxylation sites is 1. The fourth-order valence-electron chi connectivity index (χ4n) is 4.47. The number of allylic oxidation sites excluding steroid dienone is 1. The van der Waals surface area contributed by atoms with Gasteiger partial charge in [-0.05, 0) is 66.4 Å². The molecule has 0 aliphatic carbocycles. The second-order valence-corrected chi connectivity index (χ2v) is 9.02. The van der Waals surface area contributed by atoms with E-state index in [1.54, 1.807) is 22.8 Å². The number of nitrogens with one attached hydrogen (secondary N) is 1. The summed E-state index contributed by atoms with van der Waals surface area (Å²) in [4.78, 5) is 35.0. The molecule has 3 aromatic carbocycles. The Labute approximate surface area is 212 Å². The Balaban J connectivity index is 1.46. The third kappa shape index (κ3) is 5.59. The normalized spacial score (nSPS) is 14.9. The van der Waals surface area contributed by atoms with Crippen LogP contribution in [0.1, 0.15) is 42.3 Å². The third-order valence-corrected chi connectivity index (χ3v) is 6.34. The Morgan fingerprint density at radius 3 is 2.59 bits per heavy atom. The smallest absolute Gasteiger partial charge is 0.303 e. The number of aliphatic carboxylic acids is 1. The monoisotopic (exact) mass is 499 g/mol. The number of hydrogen-bond donors (Lipinski definition) is 2. The fourth-order valence-corrected chi connectivity index (χ4v) is 4.47. The number of halogens is 1. The topological polar surface area (TPSA) is 93.5 Å². The molecule has 7 nitrogen and oxygen atoms in total. The highest BCUT2D eigenvalue weighted by Gasteiger charge is 2.21. The third-order valence-electron chi connectivity index (χ3n) is 6.34. The zero-order valence-corrected chi connectivity index (χ0v) is 20.1. The number of aryl methyl sites for hydroxylation is 1. The van der Waals surface area contributed by atoms with E-state index in [1.807, 2.05) is 48.5 Å². The summed E-state index contributed by atoms with van der Waals surface area (Å²) in [5, 5.41) is 9.47. The first-order valence-corrected chi connectivity index (χ1v) is 12.2. The summed E-state index contributed by atoms with van der Waals surface area (Å²) in [5.41, 5.74) is 5.96. The van der Waals surface area contributed by atoms with Gasteiger partial charge < -0.3 is 9.94 Å². The minimum absolute atomic E-state index is 0.0766. The van der Waals surface area contributed by atoms with Crippen LogP contribution in [0.5, 0.6) is 0 Å². The summed E-state index contributed by atoms with van der Waals surface area (Å²) < 4.78 is 14.8. The summed E-state index contributed by atoms with van der Waals surface area (Å²) in [6, 6.07) is 20.9. The van der Waals surface area contributed by atoms with E-state index in [9.17, 15) is 14.0 Å². The number of fused-ring (bicyclic) bond motifs is 1. The van der Waals surface area contributed by atoms with Gasteiger partial charge in [-0.1, -0.05) is 36.4 Å². The van der Waals surface area contributed by atoms with Crippen LogP contribution in [0.2, 0.25) is 0 Å². The van der Waals surface area contributed by atoms with Gasteiger partial charge in [-0.25, -0.2) is 9.37 Å². The Morgan fingerprint density at radius 1 is 1.05 bits per heavy atom. The van der Waals surface area contributed by atoms with Crippen molar-refractivity contribution in [3.05, 3.63) is 118 Å². The van der Waals surface area contributed by atoms with Gasteiger partial charge in [0.15, 0.2) is 0 Å². The summed E-state index contributed by atoms with van der Waals surface area (Å²) in [7, 11) is 0. The highest BCUT2D eigenvalue weighted by molar-refractivity contribution is 5.79.